The van der Waals surface area contributed by atoms with Crippen LogP contribution in [0, 0.1) is 11.5 Å². The lowest BCUT2D eigenvalue weighted by molar-refractivity contribution is 0.257. The van der Waals surface area contributed by atoms with Gasteiger partial charge < -0.3 is 4.74 Å². The second kappa shape index (κ2) is 4.20. The minimum atomic E-state index is 0.318. The van der Waals surface area contributed by atoms with Crippen LogP contribution in [0.3, 0.4) is 0 Å². The van der Waals surface area contributed by atoms with Crippen molar-refractivity contribution < 1.29 is 4.74 Å². The van der Waals surface area contributed by atoms with E-state index in [4.69, 9.17) is 5.26 Å². The molecule has 1 aromatic rings. The Kier molecular flexibility index (Phi) is 2.92. The molecule has 0 atom stereocenters. The van der Waals surface area contributed by atoms with Crippen molar-refractivity contribution in [1.29, 1.82) is 5.26 Å². The third kappa shape index (κ3) is 1.86. The summed E-state index contributed by atoms with van der Waals surface area (Å²) in [6, 6.07) is 7.67. The number of hydrogen-bond donors (Lipinski definition) is 0. The Balaban J connectivity index is 2.83. The predicted molar refractivity (Wildman–Crippen MR) is 46.9 cm³/mol. The molecule has 0 N–H and O–H groups in total. The SMILES string of the molecule is C=Cc1ccccc1COC#N. The molecular weight excluding hydrogens is 150 g/mol. The molecule has 0 aliphatic rings. The van der Waals surface area contributed by atoms with E-state index in [1.165, 1.54) is 0 Å². The maximum atomic E-state index is 8.19. The van der Waals surface area contributed by atoms with Crippen LogP contribution in [0.15, 0.2) is 30.8 Å². The van der Waals surface area contributed by atoms with Crippen LogP contribution in [0.5, 0.6) is 0 Å². The van der Waals surface area contributed by atoms with Gasteiger partial charge in [-0.2, -0.15) is 5.26 Å². The molecule has 2 heteroatoms. The molecule has 0 unspecified atom stereocenters. The number of benzene rings is 1. The fourth-order valence-corrected chi connectivity index (χ4v) is 0.975. The highest BCUT2D eigenvalue weighted by atomic mass is 16.5. The zero-order chi connectivity index (χ0) is 8.81. The van der Waals surface area contributed by atoms with Crippen LogP contribution in [0.2, 0.25) is 0 Å². The minimum Gasteiger partial charge on any atom is -0.423 e. The molecular formula is C10H9NO. The molecule has 60 valence electrons. The van der Waals surface area contributed by atoms with E-state index in [1.807, 2.05) is 24.3 Å². The number of nitriles is 1. The average Bonchev–Trinajstić information content (AvgIpc) is 2.15. The molecule has 0 heterocycles. The lowest BCUT2D eigenvalue weighted by atomic mass is 10.1. The van der Waals surface area contributed by atoms with Crippen molar-refractivity contribution in [3.63, 3.8) is 0 Å². The first-order valence-electron chi connectivity index (χ1n) is 3.59. The fraction of sp³-hybridized carbons (Fsp3) is 0.100. The summed E-state index contributed by atoms with van der Waals surface area (Å²) in [6.45, 7) is 3.98. The standard InChI is InChI=1S/C10H9NO/c1-2-9-5-3-4-6-10(9)7-12-8-11/h2-6H,1,7H2. The normalized spacial score (nSPS) is 8.58. The zero-order valence-electron chi connectivity index (χ0n) is 6.66. The van der Waals surface area contributed by atoms with E-state index >= 15 is 0 Å². The van der Waals surface area contributed by atoms with Crippen LogP contribution in [-0.4, -0.2) is 0 Å². The van der Waals surface area contributed by atoms with Crippen molar-refractivity contribution in [3.8, 4) is 6.26 Å². The summed E-state index contributed by atoms with van der Waals surface area (Å²) in [5.41, 5.74) is 1.99. The van der Waals surface area contributed by atoms with E-state index in [1.54, 1.807) is 12.3 Å². The van der Waals surface area contributed by atoms with Crippen molar-refractivity contribution in [1.82, 2.24) is 0 Å². The van der Waals surface area contributed by atoms with Gasteiger partial charge in [-0.25, -0.2) is 0 Å². The van der Waals surface area contributed by atoms with E-state index in [0.29, 0.717) is 6.61 Å². The Bertz CT molecular complexity index is 312. The third-order valence-corrected chi connectivity index (χ3v) is 1.57. The van der Waals surface area contributed by atoms with Crippen molar-refractivity contribution >= 4 is 6.08 Å². The van der Waals surface area contributed by atoms with E-state index in [0.717, 1.165) is 11.1 Å². The quantitative estimate of drug-likeness (QED) is 0.634. The lowest BCUT2D eigenvalue weighted by Gasteiger charge is -2.01. The number of rotatable bonds is 3. The number of nitrogens with zero attached hydrogens (tertiary/aromatic N) is 1. The van der Waals surface area contributed by atoms with Gasteiger partial charge >= 0.3 is 0 Å². The molecule has 0 saturated heterocycles. The maximum absolute atomic E-state index is 8.19. The summed E-state index contributed by atoms with van der Waals surface area (Å²) < 4.78 is 4.62. The van der Waals surface area contributed by atoms with Gasteiger partial charge in [0.05, 0.1) is 0 Å². The van der Waals surface area contributed by atoms with Crippen molar-refractivity contribution in [2.45, 2.75) is 6.61 Å². The zero-order valence-corrected chi connectivity index (χ0v) is 6.66. The summed E-state index contributed by atoms with van der Waals surface area (Å²) in [6.07, 6.45) is 3.38. The van der Waals surface area contributed by atoms with Crippen LogP contribution in [0.4, 0.5) is 0 Å². The third-order valence-electron chi connectivity index (χ3n) is 1.57. The molecule has 0 saturated carbocycles. The van der Waals surface area contributed by atoms with Gasteiger partial charge in [-0.1, -0.05) is 36.9 Å². The van der Waals surface area contributed by atoms with Crippen molar-refractivity contribution in [2.75, 3.05) is 0 Å². The Hall–Kier alpha value is -1.75. The van der Waals surface area contributed by atoms with Crippen LogP contribution < -0.4 is 0 Å². The Morgan fingerprint density at radius 2 is 2.25 bits per heavy atom. The molecule has 2 nitrogen and oxygen atoms in total. The topological polar surface area (TPSA) is 33.0 Å². The largest absolute Gasteiger partial charge is 0.423 e. The molecule has 0 spiro atoms. The Morgan fingerprint density at radius 3 is 2.92 bits per heavy atom. The van der Waals surface area contributed by atoms with Crippen molar-refractivity contribution in [3.05, 3.63) is 42.0 Å². The minimum absolute atomic E-state index is 0.318. The molecule has 0 aliphatic carbocycles. The fourth-order valence-electron chi connectivity index (χ4n) is 0.975. The molecule has 0 aromatic heterocycles. The van der Waals surface area contributed by atoms with E-state index in [-0.39, 0.29) is 0 Å². The Morgan fingerprint density at radius 1 is 1.50 bits per heavy atom. The smallest absolute Gasteiger partial charge is 0.286 e. The molecule has 0 radical (unpaired) electrons. The first kappa shape index (κ1) is 8.35. The summed E-state index contributed by atoms with van der Waals surface area (Å²) in [5.74, 6) is 0. The van der Waals surface area contributed by atoms with Crippen LogP contribution in [0.1, 0.15) is 11.1 Å². The summed E-state index contributed by atoms with van der Waals surface area (Å²) >= 11 is 0. The maximum Gasteiger partial charge on any atom is 0.286 e. The van der Waals surface area contributed by atoms with Crippen LogP contribution >= 0.6 is 0 Å². The van der Waals surface area contributed by atoms with Crippen molar-refractivity contribution in [2.24, 2.45) is 0 Å². The first-order chi connectivity index (χ1) is 5.88. The van der Waals surface area contributed by atoms with E-state index in [9.17, 15) is 0 Å². The van der Waals surface area contributed by atoms with Gasteiger partial charge in [0.1, 0.15) is 6.61 Å². The predicted octanol–water partition coefficient (Wildman–Crippen LogP) is 2.33. The molecule has 0 aliphatic heterocycles. The van der Waals surface area contributed by atoms with Crippen LogP contribution in [-0.2, 0) is 11.3 Å². The summed E-state index contributed by atoms with van der Waals surface area (Å²) in [5, 5.41) is 8.19. The molecule has 1 aromatic carbocycles. The first-order valence-corrected chi connectivity index (χ1v) is 3.59. The average molecular weight is 159 g/mol. The van der Waals surface area contributed by atoms with Gasteiger partial charge in [-0.3, -0.25) is 0 Å². The number of ether oxygens (including phenoxy) is 1. The van der Waals surface area contributed by atoms with Crippen LogP contribution in [0.25, 0.3) is 6.08 Å². The number of hydrogen-bond acceptors (Lipinski definition) is 2. The van der Waals surface area contributed by atoms with E-state index in [2.05, 4.69) is 11.3 Å². The molecule has 0 bridgehead atoms. The monoisotopic (exact) mass is 159 g/mol. The highest BCUT2D eigenvalue weighted by molar-refractivity contribution is 5.51. The molecule has 0 amide bonds. The van der Waals surface area contributed by atoms with E-state index < -0.39 is 0 Å². The second-order valence-corrected chi connectivity index (χ2v) is 2.28. The summed E-state index contributed by atoms with van der Waals surface area (Å²) in [4.78, 5) is 0. The van der Waals surface area contributed by atoms with Gasteiger partial charge in [0, 0.05) is 0 Å². The molecule has 1 rings (SSSR count). The van der Waals surface area contributed by atoms with Gasteiger partial charge in [-0.15, -0.1) is 0 Å². The highest BCUT2D eigenvalue weighted by Crippen LogP contribution is 2.10. The second-order valence-electron chi connectivity index (χ2n) is 2.28. The Labute approximate surface area is 71.7 Å². The summed E-state index contributed by atoms with van der Waals surface area (Å²) in [7, 11) is 0. The van der Waals surface area contributed by atoms with Gasteiger partial charge in [-0.05, 0) is 11.1 Å². The van der Waals surface area contributed by atoms with Gasteiger partial charge in [0.2, 0.25) is 0 Å². The highest BCUT2D eigenvalue weighted by Gasteiger charge is 1.96. The lowest BCUT2D eigenvalue weighted by Crippen LogP contribution is -1.89. The van der Waals surface area contributed by atoms with Gasteiger partial charge in [0.15, 0.2) is 0 Å². The molecule has 12 heavy (non-hydrogen) atoms. The molecule has 0 fully saturated rings. The van der Waals surface area contributed by atoms with Gasteiger partial charge in [0.25, 0.3) is 6.26 Å².